The number of anilines is 3. The number of halogens is 1. The molecule has 0 unspecified atom stereocenters. The smallest absolute Gasteiger partial charge is 0.331 e. The number of carbonyl (C=O) groups is 1. The average Bonchev–Trinajstić information content (AvgIpc) is 3.11. The molecule has 0 spiro atoms. The molecule has 0 atom stereocenters. The van der Waals surface area contributed by atoms with Crippen molar-refractivity contribution in [2.24, 2.45) is 0 Å². The predicted molar refractivity (Wildman–Crippen MR) is 135 cm³/mol. The lowest BCUT2D eigenvalue weighted by Crippen LogP contribution is -2.10. The van der Waals surface area contributed by atoms with E-state index < -0.39 is 5.97 Å². The van der Waals surface area contributed by atoms with Crippen molar-refractivity contribution in [3.05, 3.63) is 94.3 Å². The number of hydrogen-bond donors (Lipinski definition) is 2. The van der Waals surface area contributed by atoms with Crippen LogP contribution in [0.4, 0.5) is 22.0 Å². The van der Waals surface area contributed by atoms with Crippen LogP contribution in [0, 0.1) is 26.6 Å². The molecule has 2 aromatic heterocycles. The van der Waals surface area contributed by atoms with Crippen molar-refractivity contribution in [1.82, 2.24) is 24.7 Å². The number of nitrogen functional groups attached to an aromatic ring is 1. The molecule has 0 aliphatic carbocycles. The van der Waals surface area contributed by atoms with Crippen LogP contribution in [0.3, 0.4) is 0 Å². The van der Waals surface area contributed by atoms with E-state index in [0.29, 0.717) is 12.2 Å². The molecule has 184 valence electrons. The standard InChI is InChI=1S/C26H26FN7O2/c1-16-4-6-19(7-5-16)14-34-18(3)22(17(2)33-34)12-13-24(35)36-15-23-30-25(28)32-26(31-23)29-21-10-8-20(27)9-11-21/h4-13H,14-15H2,1-3H3,(H3,28,29,30,31,32)/b13-12+. The summed E-state index contributed by atoms with van der Waals surface area (Å²) in [6.45, 7) is 6.35. The summed E-state index contributed by atoms with van der Waals surface area (Å²) in [6, 6.07) is 14.0. The summed E-state index contributed by atoms with van der Waals surface area (Å²) in [5.74, 6) is -0.633. The van der Waals surface area contributed by atoms with Crippen molar-refractivity contribution in [3.8, 4) is 0 Å². The maximum Gasteiger partial charge on any atom is 0.331 e. The van der Waals surface area contributed by atoms with Crippen molar-refractivity contribution in [2.75, 3.05) is 11.1 Å². The molecule has 0 fully saturated rings. The van der Waals surface area contributed by atoms with Gasteiger partial charge in [0.05, 0.1) is 12.2 Å². The lowest BCUT2D eigenvalue weighted by Gasteiger charge is -2.07. The molecule has 36 heavy (non-hydrogen) atoms. The molecule has 0 saturated carbocycles. The first-order valence-corrected chi connectivity index (χ1v) is 11.2. The Morgan fingerprint density at radius 1 is 1.06 bits per heavy atom. The van der Waals surface area contributed by atoms with Gasteiger partial charge in [-0.25, -0.2) is 9.18 Å². The minimum atomic E-state index is -0.563. The van der Waals surface area contributed by atoms with Crippen LogP contribution in [0.25, 0.3) is 6.08 Å². The third-order valence-corrected chi connectivity index (χ3v) is 5.42. The fraction of sp³-hybridized carbons (Fsp3) is 0.192. The molecular formula is C26H26FN7O2. The molecule has 9 nitrogen and oxygen atoms in total. The number of nitrogens with two attached hydrogens (primary N) is 1. The SMILES string of the molecule is Cc1ccc(Cn2nc(C)c(/C=C/C(=O)OCc3nc(N)nc(Nc4ccc(F)cc4)n3)c2C)cc1. The van der Waals surface area contributed by atoms with Crippen molar-refractivity contribution in [1.29, 1.82) is 0 Å². The Balaban J connectivity index is 1.38. The summed E-state index contributed by atoms with van der Waals surface area (Å²) in [4.78, 5) is 24.5. The molecule has 4 rings (SSSR count). The monoisotopic (exact) mass is 487 g/mol. The summed E-state index contributed by atoms with van der Waals surface area (Å²) >= 11 is 0. The Labute approximate surface area is 207 Å². The zero-order valence-corrected chi connectivity index (χ0v) is 20.2. The van der Waals surface area contributed by atoms with E-state index in [-0.39, 0.29) is 30.1 Å². The van der Waals surface area contributed by atoms with Gasteiger partial charge in [-0.2, -0.15) is 20.1 Å². The summed E-state index contributed by atoms with van der Waals surface area (Å²) in [6.07, 6.45) is 3.03. The molecule has 0 radical (unpaired) electrons. The van der Waals surface area contributed by atoms with Crippen LogP contribution < -0.4 is 11.1 Å². The van der Waals surface area contributed by atoms with Gasteiger partial charge >= 0.3 is 5.97 Å². The number of carbonyl (C=O) groups excluding carboxylic acids is 1. The highest BCUT2D eigenvalue weighted by molar-refractivity contribution is 5.87. The van der Waals surface area contributed by atoms with E-state index >= 15 is 0 Å². The lowest BCUT2D eigenvalue weighted by molar-refractivity contribution is -0.139. The number of nitrogens with one attached hydrogen (secondary N) is 1. The topological polar surface area (TPSA) is 121 Å². The summed E-state index contributed by atoms with van der Waals surface area (Å²) in [7, 11) is 0. The van der Waals surface area contributed by atoms with Crippen molar-refractivity contribution in [3.63, 3.8) is 0 Å². The number of esters is 1. The molecule has 2 heterocycles. The first-order valence-electron chi connectivity index (χ1n) is 11.2. The Morgan fingerprint density at radius 2 is 1.78 bits per heavy atom. The van der Waals surface area contributed by atoms with Crippen LogP contribution >= 0.6 is 0 Å². The van der Waals surface area contributed by atoms with Gasteiger partial charge in [0.15, 0.2) is 12.4 Å². The number of aromatic nitrogens is 5. The summed E-state index contributed by atoms with van der Waals surface area (Å²) < 4.78 is 20.3. The van der Waals surface area contributed by atoms with Gasteiger partial charge in [0.1, 0.15) is 5.82 Å². The summed E-state index contributed by atoms with van der Waals surface area (Å²) in [5, 5.41) is 7.51. The van der Waals surface area contributed by atoms with Gasteiger partial charge in [0.25, 0.3) is 0 Å². The molecule has 0 amide bonds. The van der Waals surface area contributed by atoms with Gasteiger partial charge in [-0.3, -0.25) is 4.68 Å². The van der Waals surface area contributed by atoms with Gasteiger partial charge in [-0.15, -0.1) is 0 Å². The highest BCUT2D eigenvalue weighted by Crippen LogP contribution is 2.17. The minimum absolute atomic E-state index is 0.0385. The number of benzene rings is 2. The Bertz CT molecular complexity index is 1400. The number of hydrogen-bond acceptors (Lipinski definition) is 8. The van der Waals surface area contributed by atoms with Crippen LogP contribution in [-0.4, -0.2) is 30.7 Å². The second-order valence-electron chi connectivity index (χ2n) is 8.23. The Kier molecular flexibility index (Phi) is 7.33. The molecule has 3 N–H and O–H groups in total. The molecular weight excluding hydrogens is 461 g/mol. The third kappa shape index (κ3) is 6.29. The number of aryl methyl sites for hydroxylation is 2. The number of nitrogens with zero attached hydrogens (tertiary/aromatic N) is 5. The Morgan fingerprint density at radius 3 is 2.50 bits per heavy atom. The first-order chi connectivity index (χ1) is 17.3. The van der Waals surface area contributed by atoms with Gasteiger partial charge < -0.3 is 15.8 Å². The molecule has 0 aliphatic rings. The van der Waals surface area contributed by atoms with Crippen LogP contribution in [-0.2, 0) is 22.7 Å². The highest BCUT2D eigenvalue weighted by atomic mass is 19.1. The second kappa shape index (κ2) is 10.8. The second-order valence-corrected chi connectivity index (χ2v) is 8.23. The lowest BCUT2D eigenvalue weighted by atomic mass is 10.1. The van der Waals surface area contributed by atoms with E-state index in [9.17, 15) is 9.18 Å². The van der Waals surface area contributed by atoms with Crippen molar-refractivity contribution < 1.29 is 13.9 Å². The van der Waals surface area contributed by atoms with Crippen molar-refractivity contribution in [2.45, 2.75) is 33.9 Å². The van der Waals surface area contributed by atoms with E-state index in [0.717, 1.165) is 22.5 Å². The fourth-order valence-corrected chi connectivity index (χ4v) is 3.53. The van der Waals surface area contributed by atoms with E-state index in [2.05, 4.69) is 56.6 Å². The highest BCUT2D eigenvalue weighted by Gasteiger charge is 2.11. The first kappa shape index (κ1) is 24.5. The third-order valence-electron chi connectivity index (χ3n) is 5.42. The maximum atomic E-state index is 13.1. The van der Waals surface area contributed by atoms with Crippen LogP contribution in [0.2, 0.25) is 0 Å². The number of ether oxygens (including phenoxy) is 1. The van der Waals surface area contributed by atoms with Crippen molar-refractivity contribution >= 4 is 29.6 Å². The molecule has 10 heteroatoms. The van der Waals surface area contributed by atoms with Gasteiger partial charge in [0.2, 0.25) is 11.9 Å². The fourth-order valence-electron chi connectivity index (χ4n) is 3.53. The van der Waals surface area contributed by atoms with Crippen LogP contribution in [0.15, 0.2) is 54.6 Å². The zero-order chi connectivity index (χ0) is 25.7. The largest absolute Gasteiger partial charge is 0.454 e. The molecule has 0 bridgehead atoms. The van der Waals surface area contributed by atoms with Gasteiger partial charge in [-0.1, -0.05) is 29.8 Å². The van der Waals surface area contributed by atoms with E-state index in [1.807, 2.05) is 18.5 Å². The van der Waals surface area contributed by atoms with E-state index in [1.54, 1.807) is 6.08 Å². The normalized spacial score (nSPS) is 11.1. The average molecular weight is 488 g/mol. The minimum Gasteiger partial charge on any atom is -0.454 e. The van der Waals surface area contributed by atoms with Crippen LogP contribution in [0.1, 0.15) is 33.9 Å². The molecule has 0 aliphatic heterocycles. The summed E-state index contributed by atoms with van der Waals surface area (Å²) in [5.41, 5.74) is 11.3. The number of rotatable bonds is 8. The predicted octanol–water partition coefficient (Wildman–Crippen LogP) is 4.26. The maximum absolute atomic E-state index is 13.1. The van der Waals surface area contributed by atoms with Gasteiger partial charge in [-0.05, 0) is 56.7 Å². The molecule has 0 saturated heterocycles. The zero-order valence-electron chi connectivity index (χ0n) is 20.2. The molecule has 2 aromatic carbocycles. The quantitative estimate of drug-likeness (QED) is 0.279. The van der Waals surface area contributed by atoms with E-state index in [4.69, 9.17) is 10.5 Å². The van der Waals surface area contributed by atoms with Crippen LogP contribution in [0.5, 0.6) is 0 Å². The Hall–Kier alpha value is -4.60. The van der Waals surface area contributed by atoms with Gasteiger partial charge in [0, 0.05) is 23.0 Å². The van der Waals surface area contributed by atoms with E-state index in [1.165, 1.54) is 35.9 Å². The molecule has 4 aromatic rings.